The summed E-state index contributed by atoms with van der Waals surface area (Å²) in [6.07, 6.45) is 0. The average molecular weight is 291 g/mol. The Morgan fingerprint density at radius 3 is 1.24 bits per heavy atom. The van der Waals surface area contributed by atoms with Crippen LogP contribution in [0.2, 0.25) is 0 Å². The summed E-state index contributed by atoms with van der Waals surface area (Å²) in [5.41, 5.74) is 0. The van der Waals surface area contributed by atoms with Gasteiger partial charge in [0.2, 0.25) is 0 Å². The van der Waals surface area contributed by atoms with Gasteiger partial charge in [-0.25, -0.2) is 16.8 Å². The second kappa shape index (κ2) is 5.10. The van der Waals surface area contributed by atoms with Crippen molar-refractivity contribution < 1.29 is 65.7 Å². The van der Waals surface area contributed by atoms with Gasteiger partial charge in [0, 0.05) is 12.1 Å². The van der Waals surface area contributed by atoms with Crippen LogP contribution in [-0.4, -0.2) is 36.2 Å². The van der Waals surface area contributed by atoms with Gasteiger partial charge in [0.1, 0.15) is 20.2 Å². The second-order valence-corrected chi connectivity index (χ2v) is 5.39. The predicted octanol–water partition coefficient (Wildman–Crippen LogP) is -4.09. The van der Waals surface area contributed by atoms with E-state index in [1.807, 2.05) is 0 Å². The van der Waals surface area contributed by atoms with Crippen molar-refractivity contribution in [3.63, 3.8) is 0 Å². The topological polar surface area (TPSA) is 155 Å². The van der Waals surface area contributed by atoms with Crippen LogP contribution in [0.15, 0.2) is 21.9 Å². The van der Waals surface area contributed by atoms with E-state index in [1.54, 1.807) is 0 Å². The minimum absolute atomic E-state index is 0. The summed E-state index contributed by atoms with van der Waals surface area (Å²) in [4.78, 5) is -2.81. The summed E-state index contributed by atoms with van der Waals surface area (Å²) in [7, 11) is -10.5. The molecular formula is C6H4NaO8S2-. The minimum Gasteiger partial charge on any atom is -0.744 e. The molecule has 0 heterocycles. The fourth-order valence-corrected chi connectivity index (χ4v) is 2.66. The van der Waals surface area contributed by atoms with Gasteiger partial charge >= 0.3 is 29.6 Å². The van der Waals surface area contributed by atoms with Crippen LogP contribution in [0.25, 0.3) is 0 Å². The largest absolute Gasteiger partial charge is 1.00 e. The molecule has 0 amide bonds. The first kappa shape index (κ1) is 16.6. The molecule has 90 valence electrons. The standard InChI is InChI=1S/C6H6O8S2.Na/c7-3-1-5(15(9,10)11)6(2-4(3)8)16(12,13)14;/h1-2,7-8H,(H,9,10,11)(H,12,13,14);/q;+1/p-2. The maximum Gasteiger partial charge on any atom is 1.00 e. The number of benzene rings is 1. The fraction of sp³-hybridized carbons (Fsp3) is 0. The monoisotopic (exact) mass is 291 g/mol. The molecule has 0 radical (unpaired) electrons. The molecule has 0 saturated carbocycles. The Bertz CT molecular complexity index is 575. The van der Waals surface area contributed by atoms with Gasteiger partial charge in [-0.15, -0.1) is 0 Å². The third-order valence-electron chi connectivity index (χ3n) is 1.58. The van der Waals surface area contributed by atoms with Crippen LogP contribution in [0.3, 0.4) is 0 Å². The van der Waals surface area contributed by atoms with Crippen LogP contribution in [0.1, 0.15) is 0 Å². The van der Waals surface area contributed by atoms with Crippen molar-refractivity contribution in [2.24, 2.45) is 0 Å². The van der Waals surface area contributed by atoms with Gasteiger partial charge in [0.15, 0.2) is 11.5 Å². The molecule has 0 atom stereocenters. The van der Waals surface area contributed by atoms with E-state index in [0.29, 0.717) is 0 Å². The molecule has 0 aliphatic carbocycles. The van der Waals surface area contributed by atoms with Crippen molar-refractivity contribution in [2.45, 2.75) is 9.79 Å². The number of phenolic OH excluding ortho intramolecular Hbond substituents is 2. The molecular weight excluding hydrogens is 287 g/mol. The van der Waals surface area contributed by atoms with Crippen molar-refractivity contribution in [1.82, 2.24) is 0 Å². The molecule has 0 aromatic heterocycles. The molecule has 0 aliphatic rings. The maximum absolute atomic E-state index is 10.6. The number of hydrogen-bond donors (Lipinski definition) is 2. The molecule has 1 aromatic carbocycles. The number of phenols is 2. The predicted molar refractivity (Wildman–Crippen MR) is 45.7 cm³/mol. The summed E-state index contributed by atoms with van der Waals surface area (Å²) in [6, 6.07) is 0.394. The molecule has 0 unspecified atom stereocenters. The Balaban J connectivity index is 0.00000256. The van der Waals surface area contributed by atoms with E-state index in [1.165, 1.54) is 0 Å². The number of rotatable bonds is 2. The van der Waals surface area contributed by atoms with Crippen LogP contribution in [-0.2, 0) is 20.2 Å². The average Bonchev–Trinajstić information content (AvgIpc) is 2.05. The Labute approximate surface area is 119 Å². The summed E-state index contributed by atoms with van der Waals surface area (Å²) in [6.45, 7) is 0. The fourth-order valence-electron chi connectivity index (χ4n) is 0.929. The van der Waals surface area contributed by atoms with Crippen LogP contribution in [0, 0.1) is 0 Å². The van der Waals surface area contributed by atoms with E-state index in [0.717, 1.165) is 0 Å². The van der Waals surface area contributed by atoms with E-state index in [4.69, 9.17) is 10.2 Å². The number of aromatic hydroxyl groups is 2. The zero-order valence-corrected chi connectivity index (χ0v) is 11.9. The maximum atomic E-state index is 10.6. The SMILES string of the molecule is O=S(=O)([O-])c1cc(O)c(O)cc1S(=O)(=O)[O-].[Na+]. The summed E-state index contributed by atoms with van der Waals surface area (Å²) < 4.78 is 63.7. The van der Waals surface area contributed by atoms with Gasteiger partial charge in [0.25, 0.3) is 0 Å². The molecule has 1 rings (SSSR count). The van der Waals surface area contributed by atoms with Crippen molar-refractivity contribution in [3.05, 3.63) is 12.1 Å². The van der Waals surface area contributed by atoms with E-state index < -0.39 is 41.5 Å². The van der Waals surface area contributed by atoms with Gasteiger partial charge in [-0.05, 0) is 0 Å². The van der Waals surface area contributed by atoms with E-state index >= 15 is 0 Å². The van der Waals surface area contributed by atoms with Crippen LogP contribution in [0.4, 0.5) is 0 Å². The van der Waals surface area contributed by atoms with Crippen LogP contribution in [0.5, 0.6) is 11.5 Å². The molecule has 0 spiro atoms. The first-order valence-electron chi connectivity index (χ1n) is 3.51. The first-order valence-corrected chi connectivity index (χ1v) is 6.33. The molecule has 0 bridgehead atoms. The molecule has 2 N–H and O–H groups in total. The summed E-state index contributed by atoms with van der Waals surface area (Å²) in [5, 5.41) is 17.8. The molecule has 17 heavy (non-hydrogen) atoms. The molecule has 0 fully saturated rings. The first-order chi connectivity index (χ1) is 7.03. The Morgan fingerprint density at radius 2 is 1.06 bits per heavy atom. The van der Waals surface area contributed by atoms with Crippen molar-refractivity contribution in [3.8, 4) is 11.5 Å². The zero-order chi connectivity index (χ0) is 12.7. The Kier molecular flexibility index (Phi) is 4.99. The number of hydrogen-bond acceptors (Lipinski definition) is 8. The smallest absolute Gasteiger partial charge is 0.744 e. The van der Waals surface area contributed by atoms with Crippen molar-refractivity contribution in [1.29, 1.82) is 0 Å². The molecule has 8 nitrogen and oxygen atoms in total. The van der Waals surface area contributed by atoms with Crippen molar-refractivity contribution in [2.75, 3.05) is 0 Å². The van der Waals surface area contributed by atoms with E-state index in [-0.39, 0.29) is 41.7 Å². The van der Waals surface area contributed by atoms with E-state index in [9.17, 15) is 25.9 Å². The molecule has 0 aliphatic heterocycles. The van der Waals surface area contributed by atoms with Gasteiger partial charge in [-0.2, -0.15) is 0 Å². The third kappa shape index (κ3) is 3.81. The molecule has 0 saturated heterocycles. The minimum atomic E-state index is -5.26. The van der Waals surface area contributed by atoms with Crippen LogP contribution < -0.4 is 29.6 Å². The Morgan fingerprint density at radius 1 is 0.824 bits per heavy atom. The van der Waals surface area contributed by atoms with Gasteiger partial charge in [-0.3, -0.25) is 0 Å². The normalized spacial score (nSPS) is 11.9. The van der Waals surface area contributed by atoms with E-state index in [2.05, 4.69) is 0 Å². The Hall–Kier alpha value is -0.360. The molecule has 11 heteroatoms. The van der Waals surface area contributed by atoms with Gasteiger partial charge in [-0.1, -0.05) is 0 Å². The van der Waals surface area contributed by atoms with Crippen LogP contribution >= 0.6 is 0 Å². The summed E-state index contributed by atoms with van der Waals surface area (Å²) in [5.74, 6) is -2.05. The second-order valence-electron chi connectivity index (χ2n) is 2.70. The molecule has 1 aromatic rings. The summed E-state index contributed by atoms with van der Waals surface area (Å²) >= 11 is 0. The van der Waals surface area contributed by atoms with Gasteiger partial charge < -0.3 is 19.3 Å². The quantitative estimate of drug-likeness (QED) is 0.316. The third-order valence-corrected chi connectivity index (χ3v) is 3.46. The van der Waals surface area contributed by atoms with Crippen molar-refractivity contribution >= 4 is 20.2 Å². The van der Waals surface area contributed by atoms with Gasteiger partial charge in [0.05, 0.1) is 9.79 Å². The zero-order valence-electron chi connectivity index (χ0n) is 8.32.